The molecule has 0 radical (unpaired) electrons. The van der Waals surface area contributed by atoms with E-state index in [1.54, 1.807) is 30.0 Å². The van der Waals surface area contributed by atoms with Crippen molar-refractivity contribution >= 4 is 40.9 Å². The summed E-state index contributed by atoms with van der Waals surface area (Å²) in [6.45, 7) is 7.20. The van der Waals surface area contributed by atoms with Crippen LogP contribution in [-0.2, 0) is 14.4 Å². The number of carbonyl (C=O) groups is 3. The Morgan fingerprint density at radius 1 is 1.09 bits per heavy atom. The molecule has 7 heteroatoms. The van der Waals surface area contributed by atoms with Crippen molar-refractivity contribution in [3.63, 3.8) is 0 Å². The van der Waals surface area contributed by atoms with Crippen molar-refractivity contribution in [2.75, 3.05) is 0 Å². The van der Waals surface area contributed by atoms with E-state index >= 15 is 0 Å². The van der Waals surface area contributed by atoms with Crippen molar-refractivity contribution in [2.24, 2.45) is 11.3 Å². The highest BCUT2D eigenvalue weighted by molar-refractivity contribution is 6.30. The first-order valence-electron chi connectivity index (χ1n) is 11.5. The Labute approximate surface area is 211 Å². The number of ketones is 1. The van der Waals surface area contributed by atoms with E-state index in [0.717, 1.165) is 11.1 Å². The molecule has 0 aromatic heterocycles. The number of nitrogens with zero attached hydrogens (tertiary/aromatic N) is 1. The van der Waals surface area contributed by atoms with Gasteiger partial charge < -0.3 is 10.0 Å². The van der Waals surface area contributed by atoms with Crippen LogP contribution in [0.5, 0.6) is 0 Å². The van der Waals surface area contributed by atoms with Gasteiger partial charge in [-0.15, -0.1) is 0 Å². The van der Waals surface area contributed by atoms with Crippen LogP contribution in [0.3, 0.4) is 0 Å². The van der Waals surface area contributed by atoms with Gasteiger partial charge in [0.1, 0.15) is 0 Å². The Bertz CT molecular complexity index is 1070. The molecule has 1 amide bonds. The van der Waals surface area contributed by atoms with Crippen LogP contribution in [0.15, 0.2) is 48.5 Å². The molecule has 1 saturated heterocycles. The lowest BCUT2D eigenvalue weighted by atomic mass is 9.66. The van der Waals surface area contributed by atoms with Crippen LogP contribution >= 0.6 is 23.2 Å². The molecular weight excluding hydrogens is 473 g/mol. The monoisotopic (exact) mass is 503 g/mol. The molecule has 1 aliphatic heterocycles. The molecular formula is C27H31Cl2NO4. The van der Waals surface area contributed by atoms with Crippen LogP contribution in [0, 0.1) is 11.3 Å². The number of halogens is 2. The smallest absolute Gasteiger partial charge is 0.304 e. The molecule has 34 heavy (non-hydrogen) atoms. The summed E-state index contributed by atoms with van der Waals surface area (Å²) in [5.41, 5.74) is 0.565. The van der Waals surface area contributed by atoms with Gasteiger partial charge in [0.15, 0.2) is 5.78 Å². The molecule has 1 fully saturated rings. The molecule has 5 nitrogen and oxygen atoms in total. The van der Waals surface area contributed by atoms with Gasteiger partial charge >= 0.3 is 5.97 Å². The molecule has 4 atom stereocenters. The van der Waals surface area contributed by atoms with Crippen LogP contribution in [0.1, 0.15) is 70.0 Å². The van der Waals surface area contributed by atoms with Gasteiger partial charge in [0, 0.05) is 16.0 Å². The fraction of sp³-hybridized carbons (Fsp3) is 0.444. The number of hydrogen-bond acceptors (Lipinski definition) is 3. The number of carboxylic acids is 1. The number of rotatable bonds is 8. The third kappa shape index (κ3) is 5.64. The van der Waals surface area contributed by atoms with Crippen molar-refractivity contribution in [3.8, 4) is 0 Å². The number of hydrogen-bond donors (Lipinski definition) is 1. The largest absolute Gasteiger partial charge is 0.481 e. The molecule has 0 bridgehead atoms. The van der Waals surface area contributed by atoms with Gasteiger partial charge in [0.2, 0.25) is 5.91 Å². The Morgan fingerprint density at radius 3 is 2.26 bits per heavy atom. The normalized spacial score (nSPS) is 23.7. The average Bonchev–Trinajstić information content (AvgIpc) is 2.74. The predicted octanol–water partition coefficient (Wildman–Crippen LogP) is 6.54. The Hall–Kier alpha value is -2.37. The summed E-state index contributed by atoms with van der Waals surface area (Å²) in [6, 6.07) is 13.6. The van der Waals surface area contributed by atoms with E-state index in [-0.39, 0.29) is 29.9 Å². The first-order chi connectivity index (χ1) is 15.9. The van der Waals surface area contributed by atoms with Crippen molar-refractivity contribution in [1.29, 1.82) is 0 Å². The zero-order chi connectivity index (χ0) is 25.2. The van der Waals surface area contributed by atoms with E-state index in [1.165, 1.54) is 6.92 Å². The summed E-state index contributed by atoms with van der Waals surface area (Å²) in [7, 11) is 0. The Morgan fingerprint density at radius 2 is 1.74 bits per heavy atom. The third-order valence-electron chi connectivity index (χ3n) is 6.63. The summed E-state index contributed by atoms with van der Waals surface area (Å²) in [6.07, 6.45) is 0.476. The number of likely N-dealkylation sites (tertiary alicyclic amines) is 1. The molecule has 0 aliphatic carbocycles. The highest BCUT2D eigenvalue weighted by Crippen LogP contribution is 2.52. The molecule has 0 unspecified atom stereocenters. The molecule has 0 saturated carbocycles. The van der Waals surface area contributed by atoms with E-state index in [4.69, 9.17) is 23.2 Å². The quantitative estimate of drug-likeness (QED) is 0.443. The van der Waals surface area contributed by atoms with E-state index in [9.17, 15) is 19.5 Å². The van der Waals surface area contributed by atoms with Crippen molar-refractivity contribution in [2.45, 2.75) is 65.0 Å². The fourth-order valence-corrected chi connectivity index (χ4v) is 5.47. The van der Waals surface area contributed by atoms with Crippen LogP contribution in [0.25, 0.3) is 0 Å². The lowest BCUT2D eigenvalue weighted by Gasteiger charge is -2.51. The highest BCUT2D eigenvalue weighted by Gasteiger charge is 2.53. The first kappa shape index (κ1) is 26.2. The van der Waals surface area contributed by atoms with E-state index in [2.05, 4.69) is 0 Å². The van der Waals surface area contributed by atoms with E-state index < -0.39 is 23.5 Å². The summed E-state index contributed by atoms with van der Waals surface area (Å²) < 4.78 is 0. The van der Waals surface area contributed by atoms with Crippen LogP contribution < -0.4 is 0 Å². The number of Topliss-reactive ketones (excluding diaryl/α,β-unsaturated/α-hetero) is 1. The maximum Gasteiger partial charge on any atom is 0.304 e. The minimum atomic E-state index is -1.17. The number of piperidine rings is 1. The lowest BCUT2D eigenvalue weighted by molar-refractivity contribution is -0.162. The second kappa shape index (κ2) is 10.5. The molecule has 2 aromatic carbocycles. The molecule has 2 aromatic rings. The maximum absolute atomic E-state index is 14.1. The molecule has 1 aliphatic rings. The molecule has 182 valence electrons. The topological polar surface area (TPSA) is 74.7 Å². The van der Waals surface area contributed by atoms with Crippen LogP contribution in [-0.4, -0.2) is 33.7 Å². The number of carboxylic acid groups (broad SMARTS) is 1. The SMILES string of the molecule is CC(=O)[C@H](CC(C)C)N1C(=O)[C@@](C)(CC(=O)O)C[C@H](c2cccc(Cl)c2)[C@H]1c1ccc(Cl)cc1. The average molecular weight is 504 g/mol. The zero-order valence-electron chi connectivity index (χ0n) is 19.9. The predicted molar refractivity (Wildman–Crippen MR) is 134 cm³/mol. The number of carbonyl (C=O) groups excluding carboxylic acids is 2. The highest BCUT2D eigenvalue weighted by atomic mass is 35.5. The van der Waals surface area contributed by atoms with E-state index in [0.29, 0.717) is 22.9 Å². The van der Waals surface area contributed by atoms with Crippen molar-refractivity contribution < 1.29 is 19.5 Å². The first-order valence-corrected chi connectivity index (χ1v) is 12.2. The van der Waals surface area contributed by atoms with Gasteiger partial charge in [-0.3, -0.25) is 14.4 Å². The second-order valence-corrected chi connectivity index (χ2v) is 10.8. The standard InChI is InChI=1S/C27H31Cl2NO4/c1-16(2)12-23(17(3)31)30-25(18-8-10-20(28)11-9-18)22(19-6-5-7-21(29)13-19)14-27(4,26(30)34)15-24(32)33/h5-11,13,16,22-23,25H,12,14-15H2,1-4H3,(H,32,33)/t22-,23+,25-,27-/m1/s1. The van der Waals surface area contributed by atoms with Crippen molar-refractivity contribution in [3.05, 3.63) is 69.7 Å². The van der Waals surface area contributed by atoms with Gasteiger partial charge in [0.25, 0.3) is 0 Å². The molecule has 1 N–H and O–H groups in total. The Kier molecular flexibility index (Phi) is 8.10. The fourth-order valence-electron chi connectivity index (χ4n) is 5.15. The maximum atomic E-state index is 14.1. The summed E-state index contributed by atoms with van der Waals surface area (Å²) in [4.78, 5) is 40.5. The molecule has 3 rings (SSSR count). The van der Waals surface area contributed by atoms with Gasteiger partial charge in [-0.05, 0) is 61.1 Å². The summed E-state index contributed by atoms with van der Waals surface area (Å²) in [5, 5.41) is 10.8. The minimum absolute atomic E-state index is 0.120. The Balaban J connectivity index is 2.28. The second-order valence-electron chi connectivity index (χ2n) is 9.96. The number of amides is 1. The molecule has 0 spiro atoms. The van der Waals surface area contributed by atoms with Crippen molar-refractivity contribution in [1.82, 2.24) is 4.90 Å². The summed E-state index contributed by atoms with van der Waals surface area (Å²) >= 11 is 12.5. The van der Waals surface area contributed by atoms with Crippen LogP contribution in [0.2, 0.25) is 10.0 Å². The lowest BCUT2D eigenvalue weighted by Crippen LogP contribution is -2.58. The number of benzene rings is 2. The van der Waals surface area contributed by atoms with E-state index in [1.807, 2.05) is 44.2 Å². The van der Waals surface area contributed by atoms with Gasteiger partial charge in [-0.2, -0.15) is 0 Å². The zero-order valence-corrected chi connectivity index (χ0v) is 21.4. The van der Waals surface area contributed by atoms with Crippen LogP contribution in [0.4, 0.5) is 0 Å². The number of aliphatic carboxylic acids is 1. The minimum Gasteiger partial charge on any atom is -0.481 e. The third-order valence-corrected chi connectivity index (χ3v) is 7.12. The van der Waals surface area contributed by atoms with Gasteiger partial charge in [-0.1, -0.05) is 68.2 Å². The van der Waals surface area contributed by atoms with Gasteiger partial charge in [-0.25, -0.2) is 0 Å². The molecule has 1 heterocycles. The van der Waals surface area contributed by atoms with Gasteiger partial charge in [0.05, 0.1) is 23.9 Å². The summed E-state index contributed by atoms with van der Waals surface area (Å²) in [5.74, 6) is -1.59.